The van der Waals surface area contributed by atoms with Crippen molar-refractivity contribution in [3.05, 3.63) is 21.4 Å². The van der Waals surface area contributed by atoms with Gasteiger partial charge in [0, 0.05) is 41.5 Å². The summed E-state index contributed by atoms with van der Waals surface area (Å²) in [4.78, 5) is 7.94. The van der Waals surface area contributed by atoms with Crippen LogP contribution >= 0.6 is 11.3 Å². The highest BCUT2D eigenvalue weighted by Crippen LogP contribution is 2.38. The number of hydrogen-bond acceptors (Lipinski definition) is 4. The summed E-state index contributed by atoms with van der Waals surface area (Å²) in [5.41, 5.74) is 7.56. The third-order valence-electron chi connectivity index (χ3n) is 3.96. The van der Waals surface area contributed by atoms with E-state index in [1.54, 1.807) is 15.3 Å². The molecular weight excluding hydrogens is 230 g/mol. The second kappa shape index (κ2) is 4.35. The Hall–Kier alpha value is -0.420. The van der Waals surface area contributed by atoms with Gasteiger partial charge >= 0.3 is 0 Å². The highest BCUT2D eigenvalue weighted by molar-refractivity contribution is 7.12. The quantitative estimate of drug-likeness (QED) is 0.826. The molecule has 1 aromatic rings. The Kier molecular flexibility index (Phi) is 2.99. The fourth-order valence-corrected chi connectivity index (χ4v) is 4.51. The van der Waals surface area contributed by atoms with Crippen LogP contribution in [0.1, 0.15) is 34.2 Å². The van der Waals surface area contributed by atoms with Crippen molar-refractivity contribution in [3.8, 4) is 0 Å². The highest BCUT2D eigenvalue weighted by atomic mass is 32.1. The van der Waals surface area contributed by atoms with E-state index >= 15 is 0 Å². The van der Waals surface area contributed by atoms with E-state index in [1.807, 2.05) is 11.3 Å². The third kappa shape index (κ3) is 2.15. The number of likely N-dealkylation sites (N-methyl/N-ethyl adjacent to an activating group) is 1. The second-order valence-electron chi connectivity index (χ2n) is 5.56. The predicted octanol–water partition coefficient (Wildman–Crippen LogP) is 1.79. The average molecular weight is 251 g/mol. The van der Waals surface area contributed by atoms with Crippen molar-refractivity contribution < 1.29 is 0 Å². The van der Waals surface area contributed by atoms with E-state index in [0.29, 0.717) is 12.1 Å². The number of piperidine rings is 1. The zero-order chi connectivity index (χ0) is 12.0. The average Bonchev–Trinajstić information content (AvgIpc) is 2.74. The first-order chi connectivity index (χ1) is 8.13. The topological polar surface area (TPSA) is 32.5 Å². The van der Waals surface area contributed by atoms with Crippen LogP contribution in [0.5, 0.6) is 0 Å². The lowest BCUT2D eigenvalue weighted by Crippen LogP contribution is -2.42. The Bertz CT molecular complexity index is 391. The molecule has 0 spiro atoms. The summed E-state index contributed by atoms with van der Waals surface area (Å²) in [6.45, 7) is 3.30. The molecule has 17 heavy (non-hydrogen) atoms. The van der Waals surface area contributed by atoms with Crippen LogP contribution in [0.15, 0.2) is 6.07 Å². The van der Waals surface area contributed by atoms with Crippen LogP contribution in [0, 0.1) is 0 Å². The van der Waals surface area contributed by atoms with Gasteiger partial charge in [-0.15, -0.1) is 11.3 Å². The molecule has 1 saturated heterocycles. The predicted molar refractivity (Wildman–Crippen MR) is 72.1 cm³/mol. The van der Waals surface area contributed by atoms with Gasteiger partial charge in [-0.2, -0.15) is 0 Å². The monoisotopic (exact) mass is 251 g/mol. The van der Waals surface area contributed by atoms with Crippen molar-refractivity contribution in [2.45, 2.75) is 38.0 Å². The molecule has 0 amide bonds. The Balaban J connectivity index is 1.79. The first-order valence-corrected chi connectivity index (χ1v) is 7.21. The van der Waals surface area contributed by atoms with E-state index in [9.17, 15) is 0 Å². The Morgan fingerprint density at radius 2 is 2.12 bits per heavy atom. The molecule has 3 nitrogen and oxygen atoms in total. The molecule has 0 bridgehead atoms. The number of likely N-dealkylation sites (tertiary alicyclic amines) is 1. The summed E-state index contributed by atoms with van der Waals surface area (Å²) >= 11 is 2.01. The van der Waals surface area contributed by atoms with Crippen molar-refractivity contribution in [2.75, 3.05) is 20.6 Å². The van der Waals surface area contributed by atoms with Crippen molar-refractivity contribution in [3.63, 3.8) is 0 Å². The maximum atomic E-state index is 6.01. The number of fused-ring (bicyclic) bond motifs is 1. The van der Waals surface area contributed by atoms with Gasteiger partial charge in [-0.25, -0.2) is 0 Å². The minimum Gasteiger partial charge on any atom is -0.327 e. The van der Waals surface area contributed by atoms with Crippen LogP contribution in [-0.2, 0) is 13.1 Å². The molecule has 1 aromatic heterocycles. The van der Waals surface area contributed by atoms with E-state index < -0.39 is 0 Å². The Morgan fingerprint density at radius 3 is 2.82 bits per heavy atom. The number of hydrogen-bond donors (Lipinski definition) is 1. The minimum absolute atomic E-state index is 0.370. The maximum absolute atomic E-state index is 6.01. The zero-order valence-electron chi connectivity index (χ0n) is 10.6. The molecule has 0 saturated carbocycles. The van der Waals surface area contributed by atoms with Gasteiger partial charge in [0.05, 0.1) is 0 Å². The maximum Gasteiger partial charge on any atom is 0.0439 e. The van der Waals surface area contributed by atoms with Gasteiger partial charge in [0.2, 0.25) is 0 Å². The SMILES string of the molecule is CN1Cc2cc(C3CCC(N)CN3C)sc2C1. The zero-order valence-corrected chi connectivity index (χ0v) is 11.5. The van der Waals surface area contributed by atoms with Crippen molar-refractivity contribution in [2.24, 2.45) is 5.73 Å². The van der Waals surface area contributed by atoms with Crippen LogP contribution < -0.4 is 5.73 Å². The summed E-state index contributed by atoms with van der Waals surface area (Å²) in [5.74, 6) is 0. The van der Waals surface area contributed by atoms with Gasteiger partial charge in [0.15, 0.2) is 0 Å². The largest absolute Gasteiger partial charge is 0.327 e. The van der Waals surface area contributed by atoms with Crippen LogP contribution in [0.2, 0.25) is 0 Å². The first kappa shape index (κ1) is 11.7. The van der Waals surface area contributed by atoms with Gasteiger partial charge in [0.25, 0.3) is 0 Å². The lowest BCUT2D eigenvalue weighted by molar-refractivity contribution is 0.172. The van der Waals surface area contributed by atoms with Gasteiger partial charge < -0.3 is 5.73 Å². The van der Waals surface area contributed by atoms with Crippen molar-refractivity contribution >= 4 is 11.3 Å². The lowest BCUT2D eigenvalue weighted by atomic mass is 9.98. The number of nitrogens with zero attached hydrogens (tertiary/aromatic N) is 2. The highest BCUT2D eigenvalue weighted by Gasteiger charge is 2.28. The summed E-state index contributed by atoms with van der Waals surface area (Å²) < 4.78 is 0. The smallest absolute Gasteiger partial charge is 0.0439 e. The van der Waals surface area contributed by atoms with E-state index in [2.05, 4.69) is 30.0 Å². The van der Waals surface area contributed by atoms with Gasteiger partial charge in [-0.3, -0.25) is 9.80 Å². The minimum atomic E-state index is 0.370. The number of nitrogens with two attached hydrogens (primary N) is 1. The van der Waals surface area contributed by atoms with E-state index in [1.165, 1.54) is 6.42 Å². The molecule has 2 N–H and O–H groups in total. The van der Waals surface area contributed by atoms with Crippen LogP contribution in [0.4, 0.5) is 0 Å². The third-order valence-corrected chi connectivity index (χ3v) is 5.23. The van der Waals surface area contributed by atoms with E-state index in [-0.39, 0.29) is 0 Å². The first-order valence-electron chi connectivity index (χ1n) is 6.39. The van der Waals surface area contributed by atoms with Gasteiger partial charge in [-0.1, -0.05) is 0 Å². The van der Waals surface area contributed by atoms with Crippen LogP contribution in [0.25, 0.3) is 0 Å². The molecule has 3 heterocycles. The summed E-state index contributed by atoms with van der Waals surface area (Å²) in [6.07, 6.45) is 2.38. The van der Waals surface area contributed by atoms with E-state index in [0.717, 1.165) is 26.1 Å². The summed E-state index contributed by atoms with van der Waals surface area (Å²) in [7, 11) is 4.40. The Labute approximate surface area is 107 Å². The molecule has 2 aliphatic rings. The fourth-order valence-electron chi connectivity index (χ4n) is 3.05. The van der Waals surface area contributed by atoms with Gasteiger partial charge in [0.1, 0.15) is 0 Å². The number of thiophene rings is 1. The molecule has 2 atom stereocenters. The normalized spacial score (nSPS) is 30.8. The lowest BCUT2D eigenvalue weighted by Gasteiger charge is -2.35. The fraction of sp³-hybridized carbons (Fsp3) is 0.692. The summed E-state index contributed by atoms with van der Waals surface area (Å²) in [5, 5.41) is 0. The molecule has 3 rings (SSSR count). The van der Waals surface area contributed by atoms with Crippen molar-refractivity contribution in [1.82, 2.24) is 9.80 Å². The molecule has 0 aromatic carbocycles. The number of rotatable bonds is 1. The molecular formula is C13H21N3S. The summed E-state index contributed by atoms with van der Waals surface area (Å²) in [6, 6.07) is 3.41. The van der Waals surface area contributed by atoms with Crippen molar-refractivity contribution in [1.29, 1.82) is 0 Å². The Morgan fingerprint density at radius 1 is 1.29 bits per heavy atom. The molecule has 1 fully saturated rings. The molecule has 0 radical (unpaired) electrons. The molecule has 4 heteroatoms. The van der Waals surface area contributed by atoms with Crippen LogP contribution in [-0.4, -0.2) is 36.5 Å². The molecule has 2 aliphatic heterocycles. The standard InChI is InChI=1S/C13H21N3S/c1-15-6-9-5-12(17-13(9)8-15)11-4-3-10(14)7-16(11)2/h5,10-11H,3-4,6-8,14H2,1-2H3. The molecule has 94 valence electrons. The molecule has 0 aliphatic carbocycles. The second-order valence-corrected chi connectivity index (χ2v) is 6.73. The molecule has 2 unspecified atom stereocenters. The van der Waals surface area contributed by atoms with Crippen LogP contribution in [0.3, 0.4) is 0 Å². The van der Waals surface area contributed by atoms with E-state index in [4.69, 9.17) is 5.73 Å². The van der Waals surface area contributed by atoms with Gasteiger partial charge in [-0.05, 0) is 38.6 Å².